The molecule has 1 aromatic carbocycles. The van der Waals surface area contributed by atoms with Crippen molar-refractivity contribution in [1.82, 2.24) is 4.31 Å². The maximum absolute atomic E-state index is 12.6. The van der Waals surface area contributed by atoms with Gasteiger partial charge in [0.2, 0.25) is 10.0 Å². The van der Waals surface area contributed by atoms with Crippen LogP contribution in [0.1, 0.15) is 13.3 Å². The standard InChI is InChI=1S/C13H20N2O4S2/c1-2-20(16,17)12-4-3-5-13(8-12)21(18,19)15-7-6-11(9-14)10-15/h3-5,8,11H,2,6-7,9-10,14H2,1H3. The van der Waals surface area contributed by atoms with E-state index >= 15 is 0 Å². The van der Waals surface area contributed by atoms with E-state index < -0.39 is 19.9 Å². The number of hydrogen-bond donors (Lipinski definition) is 1. The summed E-state index contributed by atoms with van der Waals surface area (Å²) >= 11 is 0. The molecular weight excluding hydrogens is 312 g/mol. The van der Waals surface area contributed by atoms with E-state index in [1.807, 2.05) is 0 Å². The van der Waals surface area contributed by atoms with Crippen LogP contribution >= 0.6 is 0 Å². The molecule has 1 aliphatic heterocycles. The molecule has 1 atom stereocenters. The zero-order valence-corrected chi connectivity index (χ0v) is 13.5. The lowest BCUT2D eigenvalue weighted by atomic mass is 10.1. The smallest absolute Gasteiger partial charge is 0.243 e. The molecule has 0 amide bonds. The van der Waals surface area contributed by atoms with Crippen molar-refractivity contribution in [3.8, 4) is 0 Å². The van der Waals surface area contributed by atoms with Crippen molar-refractivity contribution < 1.29 is 16.8 Å². The number of hydrogen-bond acceptors (Lipinski definition) is 5. The van der Waals surface area contributed by atoms with E-state index in [2.05, 4.69) is 0 Å². The summed E-state index contributed by atoms with van der Waals surface area (Å²) in [6.07, 6.45) is 0.739. The summed E-state index contributed by atoms with van der Waals surface area (Å²) in [4.78, 5) is 0.0651. The van der Waals surface area contributed by atoms with E-state index in [-0.39, 0.29) is 21.5 Å². The lowest BCUT2D eigenvalue weighted by Crippen LogP contribution is -2.30. The van der Waals surface area contributed by atoms with Gasteiger partial charge in [0.05, 0.1) is 15.5 Å². The van der Waals surface area contributed by atoms with Gasteiger partial charge in [0.25, 0.3) is 0 Å². The van der Waals surface area contributed by atoms with Crippen LogP contribution in [0, 0.1) is 5.92 Å². The maximum atomic E-state index is 12.6. The Labute approximate surface area is 125 Å². The predicted octanol–water partition coefficient (Wildman–Crippen LogP) is 0.450. The maximum Gasteiger partial charge on any atom is 0.243 e. The summed E-state index contributed by atoms with van der Waals surface area (Å²) in [5.41, 5.74) is 5.58. The molecule has 8 heteroatoms. The van der Waals surface area contributed by atoms with Crippen molar-refractivity contribution in [3.05, 3.63) is 24.3 Å². The summed E-state index contributed by atoms with van der Waals surface area (Å²) in [7, 11) is -7.08. The summed E-state index contributed by atoms with van der Waals surface area (Å²) in [5.74, 6) is 0.109. The average molecular weight is 332 g/mol. The number of nitrogens with zero attached hydrogens (tertiary/aromatic N) is 1. The number of benzene rings is 1. The van der Waals surface area contributed by atoms with Crippen LogP contribution < -0.4 is 5.73 Å². The van der Waals surface area contributed by atoms with Crippen LogP contribution in [-0.2, 0) is 19.9 Å². The molecule has 2 rings (SSSR count). The second kappa shape index (κ2) is 6.04. The Hall–Kier alpha value is -0.960. The first kappa shape index (κ1) is 16.4. The van der Waals surface area contributed by atoms with Crippen LogP contribution in [0.4, 0.5) is 0 Å². The van der Waals surface area contributed by atoms with Gasteiger partial charge in [-0.05, 0) is 37.1 Å². The zero-order chi connectivity index (χ0) is 15.7. The van der Waals surface area contributed by atoms with Crippen molar-refractivity contribution in [2.75, 3.05) is 25.4 Å². The van der Waals surface area contributed by atoms with E-state index in [4.69, 9.17) is 5.73 Å². The number of rotatable bonds is 5. The minimum Gasteiger partial charge on any atom is -0.330 e. The zero-order valence-electron chi connectivity index (χ0n) is 11.9. The van der Waals surface area contributed by atoms with Gasteiger partial charge < -0.3 is 5.73 Å². The summed E-state index contributed by atoms with van der Waals surface area (Å²) in [6, 6.07) is 5.56. The monoisotopic (exact) mass is 332 g/mol. The molecule has 1 aliphatic rings. The fourth-order valence-corrected chi connectivity index (χ4v) is 4.93. The van der Waals surface area contributed by atoms with Crippen molar-refractivity contribution in [2.45, 2.75) is 23.1 Å². The molecule has 0 bridgehead atoms. The topological polar surface area (TPSA) is 97.5 Å². The van der Waals surface area contributed by atoms with Crippen LogP contribution in [-0.4, -0.2) is 46.5 Å². The van der Waals surface area contributed by atoms with Gasteiger partial charge in [-0.2, -0.15) is 4.31 Å². The van der Waals surface area contributed by atoms with Gasteiger partial charge in [0.1, 0.15) is 0 Å². The molecule has 1 unspecified atom stereocenters. The lowest BCUT2D eigenvalue weighted by molar-refractivity contribution is 0.459. The molecule has 118 valence electrons. The van der Waals surface area contributed by atoms with Crippen LogP contribution in [0.5, 0.6) is 0 Å². The highest BCUT2D eigenvalue weighted by Gasteiger charge is 2.32. The highest BCUT2D eigenvalue weighted by molar-refractivity contribution is 7.91. The number of nitrogens with two attached hydrogens (primary N) is 1. The molecule has 1 fully saturated rings. The van der Waals surface area contributed by atoms with Crippen LogP contribution in [0.2, 0.25) is 0 Å². The van der Waals surface area contributed by atoms with Gasteiger partial charge in [-0.15, -0.1) is 0 Å². The van der Waals surface area contributed by atoms with E-state index in [1.165, 1.54) is 35.5 Å². The summed E-state index contributed by atoms with van der Waals surface area (Å²) < 4.78 is 50.2. The van der Waals surface area contributed by atoms with Crippen LogP contribution in [0.25, 0.3) is 0 Å². The summed E-state index contributed by atoms with van der Waals surface area (Å²) in [6.45, 7) is 2.80. The van der Waals surface area contributed by atoms with Crippen molar-refractivity contribution in [3.63, 3.8) is 0 Å². The largest absolute Gasteiger partial charge is 0.330 e. The Balaban J connectivity index is 2.36. The number of sulfonamides is 1. The van der Waals surface area contributed by atoms with Crippen LogP contribution in [0.3, 0.4) is 0 Å². The molecule has 6 nitrogen and oxygen atoms in total. The van der Waals surface area contributed by atoms with Gasteiger partial charge in [-0.25, -0.2) is 16.8 Å². The van der Waals surface area contributed by atoms with Gasteiger partial charge in [-0.1, -0.05) is 13.0 Å². The first-order valence-corrected chi connectivity index (χ1v) is 9.93. The van der Waals surface area contributed by atoms with Crippen molar-refractivity contribution >= 4 is 19.9 Å². The van der Waals surface area contributed by atoms with E-state index in [1.54, 1.807) is 0 Å². The van der Waals surface area contributed by atoms with Gasteiger partial charge in [0, 0.05) is 13.1 Å². The van der Waals surface area contributed by atoms with E-state index in [0.29, 0.717) is 19.6 Å². The summed E-state index contributed by atoms with van der Waals surface area (Å²) in [5, 5.41) is 0. The third-order valence-corrected chi connectivity index (χ3v) is 7.36. The second-order valence-corrected chi connectivity index (χ2v) is 9.35. The highest BCUT2D eigenvalue weighted by Crippen LogP contribution is 2.25. The van der Waals surface area contributed by atoms with E-state index in [9.17, 15) is 16.8 Å². The van der Waals surface area contributed by atoms with Gasteiger partial charge in [-0.3, -0.25) is 0 Å². The van der Waals surface area contributed by atoms with Crippen molar-refractivity contribution in [2.24, 2.45) is 11.7 Å². The fourth-order valence-electron chi connectivity index (χ4n) is 2.35. The molecule has 0 aliphatic carbocycles. The van der Waals surface area contributed by atoms with Gasteiger partial charge >= 0.3 is 0 Å². The third-order valence-electron chi connectivity index (χ3n) is 3.76. The minimum absolute atomic E-state index is 0.0229. The van der Waals surface area contributed by atoms with E-state index in [0.717, 1.165) is 6.42 Å². The first-order chi connectivity index (χ1) is 9.81. The first-order valence-electron chi connectivity index (χ1n) is 6.84. The molecule has 0 aromatic heterocycles. The molecule has 2 N–H and O–H groups in total. The second-order valence-electron chi connectivity index (χ2n) is 5.13. The molecule has 0 radical (unpaired) electrons. The Bertz CT molecular complexity index is 713. The molecule has 0 saturated carbocycles. The Kier molecular flexibility index (Phi) is 4.72. The Morgan fingerprint density at radius 3 is 2.48 bits per heavy atom. The molecule has 21 heavy (non-hydrogen) atoms. The SMILES string of the molecule is CCS(=O)(=O)c1cccc(S(=O)(=O)N2CCC(CN)C2)c1. The van der Waals surface area contributed by atoms with Crippen molar-refractivity contribution in [1.29, 1.82) is 0 Å². The molecule has 0 spiro atoms. The molecule has 1 aromatic rings. The quantitative estimate of drug-likeness (QED) is 0.844. The lowest BCUT2D eigenvalue weighted by Gasteiger charge is -2.17. The molecular formula is C13H20N2O4S2. The highest BCUT2D eigenvalue weighted by atomic mass is 32.2. The fraction of sp³-hybridized carbons (Fsp3) is 0.538. The normalized spacial score (nSPS) is 20.8. The third kappa shape index (κ3) is 3.28. The Morgan fingerprint density at radius 1 is 1.24 bits per heavy atom. The molecule has 1 heterocycles. The van der Waals surface area contributed by atoms with Crippen LogP contribution in [0.15, 0.2) is 34.1 Å². The number of sulfone groups is 1. The average Bonchev–Trinajstić information content (AvgIpc) is 2.97. The predicted molar refractivity (Wildman–Crippen MR) is 80.1 cm³/mol. The molecule has 1 saturated heterocycles. The Morgan fingerprint density at radius 2 is 1.90 bits per heavy atom. The van der Waals surface area contributed by atoms with Gasteiger partial charge in [0.15, 0.2) is 9.84 Å². The minimum atomic E-state index is -3.66.